The van der Waals surface area contributed by atoms with Crippen molar-refractivity contribution in [3.05, 3.63) is 96.1 Å². The number of anilines is 2. The van der Waals surface area contributed by atoms with E-state index in [-0.39, 0.29) is 40.7 Å². The van der Waals surface area contributed by atoms with Gasteiger partial charge in [-0.1, -0.05) is 104 Å². The molecule has 2 aromatic heterocycles. The first-order valence-electron chi connectivity index (χ1n) is 11.2. The molecular weight excluding hydrogens is 544 g/mol. The van der Waals surface area contributed by atoms with Gasteiger partial charge in [0.05, 0.1) is 11.1 Å². The summed E-state index contributed by atoms with van der Waals surface area (Å²) in [5, 5.41) is 16.7. The number of aromatic nitrogens is 4. The number of carbonyl (C=O) groups excluding carboxylic acids is 2. The number of rotatable bonds is 3. The molecule has 3 aromatic carbocycles. The Bertz CT molecular complexity index is 1450. The van der Waals surface area contributed by atoms with Gasteiger partial charge < -0.3 is 10.8 Å². The predicted molar refractivity (Wildman–Crippen MR) is 166 cm³/mol. The van der Waals surface area contributed by atoms with Gasteiger partial charge in [-0.05, 0) is 19.1 Å². The normalized spacial score (nSPS) is 10.9. The zero-order valence-corrected chi connectivity index (χ0v) is 21.3. The van der Waals surface area contributed by atoms with E-state index in [0.717, 1.165) is 33.3 Å². The number of imide groups is 1. The first-order valence-corrected chi connectivity index (χ1v) is 12.7. The number of amides is 2. The van der Waals surface area contributed by atoms with E-state index in [2.05, 4.69) is 19.2 Å². The molecule has 5 aromatic rings. The van der Waals surface area contributed by atoms with E-state index in [1.54, 1.807) is 31.2 Å². The van der Waals surface area contributed by atoms with Crippen molar-refractivity contribution in [3.8, 4) is 22.5 Å². The minimum atomic E-state index is -0.330. The number of aliphatic hydroxyl groups excluding tert-OH is 1. The number of carbonyl (C=O) groups is 2. The van der Waals surface area contributed by atoms with E-state index in [4.69, 9.17) is 10.8 Å². The van der Waals surface area contributed by atoms with Crippen LogP contribution in [-0.2, 0) is 0 Å². The molecule has 0 saturated heterocycles. The zero-order valence-electron chi connectivity index (χ0n) is 19.7. The van der Waals surface area contributed by atoms with E-state index in [1.807, 2.05) is 60.7 Å². The first kappa shape index (κ1) is 33.7. The topological polar surface area (TPSA) is 135 Å². The highest BCUT2D eigenvalue weighted by Crippen LogP contribution is 2.37. The van der Waals surface area contributed by atoms with Crippen molar-refractivity contribution < 1.29 is 14.7 Å². The summed E-state index contributed by atoms with van der Waals surface area (Å²) in [5.41, 5.74) is 9.66. The lowest BCUT2D eigenvalue weighted by atomic mass is 10.1. The van der Waals surface area contributed by atoms with Gasteiger partial charge in [0.2, 0.25) is 0 Å². The number of nitrogens with two attached hydrogens (primary N) is 1. The maximum atomic E-state index is 12.5. The molecule has 6 rings (SSSR count). The molecule has 0 spiro atoms. The largest absolute Gasteiger partial charge is 0.397 e. The average Bonchev–Trinajstić information content (AvgIpc) is 3.65. The molecule has 0 radical (unpaired) electrons. The molecule has 9 nitrogen and oxygen atoms in total. The SMILES string of the molecule is C.C.C.CCO.Nc1snnc1-c1ccccc1.O=C1c2ccccc2C(=O)N1c1snnc1-c1ccccc1. The van der Waals surface area contributed by atoms with Gasteiger partial charge in [-0.3, -0.25) is 9.59 Å². The fraction of sp³-hybridized carbons (Fsp3) is 0.172. The van der Waals surface area contributed by atoms with Crippen molar-refractivity contribution in [1.82, 2.24) is 19.2 Å². The van der Waals surface area contributed by atoms with Gasteiger partial charge in [0.15, 0.2) is 5.00 Å². The molecule has 40 heavy (non-hydrogen) atoms. The molecule has 0 saturated carbocycles. The van der Waals surface area contributed by atoms with E-state index in [1.165, 1.54) is 11.5 Å². The smallest absolute Gasteiger partial charge is 0.266 e. The summed E-state index contributed by atoms with van der Waals surface area (Å²) in [7, 11) is 0. The molecular formula is C29H34N6O3S2. The average molecular weight is 579 g/mol. The third kappa shape index (κ3) is 7.20. The predicted octanol–water partition coefficient (Wildman–Crippen LogP) is 6.70. The Labute approximate surface area is 243 Å². The number of hydrogen-bond donors (Lipinski definition) is 2. The molecule has 1 aliphatic rings. The van der Waals surface area contributed by atoms with Crippen molar-refractivity contribution in [2.24, 2.45) is 0 Å². The molecule has 0 aliphatic carbocycles. The number of aliphatic hydroxyl groups is 1. The zero-order chi connectivity index (χ0) is 26.2. The Balaban J connectivity index is 0.000000381. The van der Waals surface area contributed by atoms with Gasteiger partial charge in [-0.2, -0.15) is 0 Å². The van der Waals surface area contributed by atoms with E-state index >= 15 is 0 Å². The minimum absolute atomic E-state index is 0. The van der Waals surface area contributed by atoms with Crippen molar-refractivity contribution in [1.29, 1.82) is 0 Å². The molecule has 210 valence electrons. The number of fused-ring (bicyclic) bond motifs is 1. The lowest BCUT2D eigenvalue weighted by Gasteiger charge is -2.12. The first-order chi connectivity index (χ1) is 18.1. The molecule has 1 aliphatic heterocycles. The second-order valence-corrected chi connectivity index (χ2v) is 8.97. The van der Waals surface area contributed by atoms with Crippen molar-refractivity contribution in [2.45, 2.75) is 29.2 Å². The van der Waals surface area contributed by atoms with Gasteiger partial charge in [0, 0.05) is 40.8 Å². The fourth-order valence-corrected chi connectivity index (χ4v) is 4.63. The standard InChI is InChI=1S/C16H9N3O2S.C8H7N3S.C2H6O.3CH4/c20-14-11-8-4-5-9-12(11)15(21)19(14)16-13(17-18-22-16)10-6-2-1-3-7-10;9-8-7(10-11-12-8)6-4-2-1-3-5-6;1-2-3;;;/h1-9H;1-5H,9H2;3H,2H2,1H3;3*1H4. The number of benzene rings is 3. The summed E-state index contributed by atoms with van der Waals surface area (Å²) >= 11 is 2.26. The van der Waals surface area contributed by atoms with Crippen LogP contribution in [0.15, 0.2) is 84.9 Å². The van der Waals surface area contributed by atoms with E-state index < -0.39 is 0 Å². The molecule has 11 heteroatoms. The van der Waals surface area contributed by atoms with Crippen molar-refractivity contribution in [3.63, 3.8) is 0 Å². The molecule has 0 bridgehead atoms. The number of nitrogens with zero attached hydrogens (tertiary/aromatic N) is 5. The van der Waals surface area contributed by atoms with Crippen molar-refractivity contribution >= 4 is 44.9 Å². The second kappa shape index (κ2) is 15.9. The van der Waals surface area contributed by atoms with Gasteiger partial charge >= 0.3 is 0 Å². The minimum Gasteiger partial charge on any atom is -0.397 e. The van der Waals surface area contributed by atoms with Crippen LogP contribution in [0.1, 0.15) is 49.9 Å². The Morgan fingerprint density at radius 3 is 1.55 bits per heavy atom. The maximum Gasteiger partial charge on any atom is 0.266 e. The summed E-state index contributed by atoms with van der Waals surface area (Å²) in [5.74, 6) is -0.660. The highest BCUT2D eigenvalue weighted by atomic mass is 32.1. The lowest BCUT2D eigenvalue weighted by Crippen LogP contribution is -2.29. The van der Waals surface area contributed by atoms with Gasteiger partial charge in [0.1, 0.15) is 16.4 Å². The molecule has 3 N–H and O–H groups in total. The van der Waals surface area contributed by atoms with Crippen LogP contribution in [-0.4, -0.2) is 42.7 Å². The van der Waals surface area contributed by atoms with Crippen LogP contribution >= 0.6 is 23.1 Å². The fourth-order valence-electron chi connectivity index (χ4n) is 3.48. The molecule has 0 unspecified atom stereocenters. The Kier molecular flexibility index (Phi) is 13.4. The van der Waals surface area contributed by atoms with Crippen LogP contribution in [0.2, 0.25) is 0 Å². The third-order valence-corrected chi connectivity index (χ3v) is 6.34. The van der Waals surface area contributed by atoms with Gasteiger partial charge in [-0.25, -0.2) is 4.90 Å². The van der Waals surface area contributed by atoms with Crippen LogP contribution in [0.5, 0.6) is 0 Å². The van der Waals surface area contributed by atoms with E-state index in [0.29, 0.717) is 26.8 Å². The van der Waals surface area contributed by atoms with Crippen molar-refractivity contribution in [2.75, 3.05) is 17.2 Å². The summed E-state index contributed by atoms with van der Waals surface area (Å²) in [6.07, 6.45) is 0. The Morgan fingerprint density at radius 2 is 1.10 bits per heavy atom. The summed E-state index contributed by atoms with van der Waals surface area (Å²) in [6, 6.07) is 26.0. The molecule has 0 fully saturated rings. The van der Waals surface area contributed by atoms with E-state index in [9.17, 15) is 9.59 Å². The van der Waals surface area contributed by atoms with Crippen LogP contribution in [0, 0.1) is 0 Å². The second-order valence-electron chi connectivity index (χ2n) is 7.45. The lowest BCUT2D eigenvalue weighted by molar-refractivity contribution is 0.0927. The Morgan fingerprint density at radius 1 is 0.700 bits per heavy atom. The third-order valence-electron chi connectivity index (χ3n) is 5.08. The highest BCUT2D eigenvalue weighted by Gasteiger charge is 2.39. The quantitative estimate of drug-likeness (QED) is 0.226. The van der Waals surface area contributed by atoms with Gasteiger partial charge in [0.25, 0.3) is 11.8 Å². The van der Waals surface area contributed by atoms with Crippen LogP contribution in [0.3, 0.4) is 0 Å². The van der Waals surface area contributed by atoms with Crippen LogP contribution in [0.4, 0.5) is 10.0 Å². The highest BCUT2D eigenvalue weighted by molar-refractivity contribution is 7.11. The number of hydrogen-bond acceptors (Lipinski definition) is 10. The molecule has 3 heterocycles. The Hall–Kier alpha value is -4.32. The maximum absolute atomic E-state index is 12.5. The van der Waals surface area contributed by atoms with Crippen LogP contribution in [0.25, 0.3) is 22.5 Å². The molecule has 2 amide bonds. The van der Waals surface area contributed by atoms with Gasteiger partial charge in [-0.15, -0.1) is 10.2 Å². The van der Waals surface area contributed by atoms with Crippen LogP contribution < -0.4 is 10.6 Å². The summed E-state index contributed by atoms with van der Waals surface area (Å²) in [6.45, 7) is 1.93. The summed E-state index contributed by atoms with van der Waals surface area (Å²) < 4.78 is 7.69. The summed E-state index contributed by atoms with van der Waals surface area (Å²) in [4.78, 5) is 26.3. The monoisotopic (exact) mass is 578 g/mol. The number of nitrogen functional groups attached to an aromatic ring is 1. The molecule has 0 atom stereocenters.